The van der Waals surface area contributed by atoms with E-state index in [2.05, 4.69) is 31.9 Å². The molecule has 0 bridgehead atoms. The molecule has 1 rings (SSSR count). The van der Waals surface area contributed by atoms with E-state index in [1.54, 1.807) is 0 Å². The number of rotatable bonds is 4. The summed E-state index contributed by atoms with van der Waals surface area (Å²) in [6.45, 7) is 2.02. The summed E-state index contributed by atoms with van der Waals surface area (Å²) in [6.07, 6.45) is 0.859. The van der Waals surface area contributed by atoms with Crippen LogP contribution in [0.1, 0.15) is 12.5 Å². The fourth-order valence-electron chi connectivity index (χ4n) is 1.08. The van der Waals surface area contributed by atoms with Crippen molar-refractivity contribution in [1.82, 2.24) is 4.31 Å². The summed E-state index contributed by atoms with van der Waals surface area (Å²) in [6, 6.07) is 3.68. The van der Waals surface area contributed by atoms with E-state index in [9.17, 15) is 8.42 Å². The van der Waals surface area contributed by atoms with Crippen molar-refractivity contribution in [1.29, 1.82) is 0 Å². The number of benzene rings is 1. The molecule has 0 amide bonds. The van der Waals surface area contributed by atoms with Crippen LogP contribution in [0.5, 0.6) is 5.75 Å². The Morgan fingerprint density at radius 1 is 1.24 bits per heavy atom. The van der Waals surface area contributed by atoms with Crippen LogP contribution >= 0.6 is 31.9 Å². The minimum absolute atomic E-state index is 0.260. The van der Waals surface area contributed by atoms with Crippen molar-refractivity contribution < 1.29 is 12.6 Å². The van der Waals surface area contributed by atoms with Gasteiger partial charge in [-0.15, -0.1) is 0 Å². The number of halogens is 2. The van der Waals surface area contributed by atoms with Gasteiger partial charge in [-0.3, -0.25) is 0 Å². The monoisotopic (exact) mass is 385 g/mol. The zero-order valence-electron chi connectivity index (χ0n) is 9.70. The third kappa shape index (κ3) is 3.67. The van der Waals surface area contributed by atoms with E-state index in [1.807, 2.05) is 19.1 Å². The fraction of sp³-hybridized carbons (Fsp3) is 0.400. The quantitative estimate of drug-likeness (QED) is 0.799. The summed E-state index contributed by atoms with van der Waals surface area (Å²) < 4.78 is 30.5. The highest BCUT2D eigenvalue weighted by Gasteiger charge is 2.20. The Hall–Kier alpha value is -0.110. The second kappa shape index (κ2) is 5.69. The van der Waals surface area contributed by atoms with E-state index in [0.717, 1.165) is 16.3 Å². The van der Waals surface area contributed by atoms with Crippen LogP contribution in [0.4, 0.5) is 0 Å². The molecule has 0 N–H and O–H groups in total. The molecule has 0 spiro atoms. The van der Waals surface area contributed by atoms with Crippen molar-refractivity contribution in [3.05, 3.63) is 26.6 Å². The van der Waals surface area contributed by atoms with Gasteiger partial charge in [-0.05, 0) is 56.0 Å². The molecule has 0 radical (unpaired) electrons. The van der Waals surface area contributed by atoms with Gasteiger partial charge in [-0.1, -0.05) is 6.92 Å². The molecule has 17 heavy (non-hydrogen) atoms. The molecular formula is C10H13Br2NO3S. The zero-order valence-corrected chi connectivity index (χ0v) is 13.7. The van der Waals surface area contributed by atoms with Crippen molar-refractivity contribution in [2.24, 2.45) is 0 Å². The Kier molecular flexibility index (Phi) is 5.00. The van der Waals surface area contributed by atoms with Crippen molar-refractivity contribution in [2.45, 2.75) is 13.3 Å². The van der Waals surface area contributed by atoms with Crippen LogP contribution in [0.15, 0.2) is 21.1 Å². The summed E-state index contributed by atoms with van der Waals surface area (Å²) in [7, 11) is -0.914. The Bertz CT molecular complexity index is 491. The van der Waals surface area contributed by atoms with Crippen LogP contribution in [0.25, 0.3) is 0 Å². The van der Waals surface area contributed by atoms with Gasteiger partial charge >= 0.3 is 10.3 Å². The van der Waals surface area contributed by atoms with Gasteiger partial charge in [0, 0.05) is 14.1 Å². The minimum Gasteiger partial charge on any atom is -0.368 e. The average molecular weight is 387 g/mol. The van der Waals surface area contributed by atoms with Gasteiger partial charge in [0.1, 0.15) is 0 Å². The molecule has 0 fully saturated rings. The first kappa shape index (κ1) is 14.9. The summed E-state index contributed by atoms with van der Waals surface area (Å²) >= 11 is 6.61. The molecule has 0 aliphatic rings. The molecule has 1 aromatic rings. The highest BCUT2D eigenvalue weighted by Crippen LogP contribution is 2.36. The molecule has 0 heterocycles. The third-order valence-corrected chi connectivity index (χ3v) is 4.55. The molecule has 0 aromatic heterocycles. The summed E-state index contributed by atoms with van der Waals surface area (Å²) in [5, 5.41) is 0. The van der Waals surface area contributed by atoms with E-state index in [-0.39, 0.29) is 5.75 Å². The number of hydrogen-bond acceptors (Lipinski definition) is 3. The smallest absolute Gasteiger partial charge is 0.368 e. The highest BCUT2D eigenvalue weighted by molar-refractivity contribution is 9.11. The van der Waals surface area contributed by atoms with Gasteiger partial charge in [0.2, 0.25) is 0 Å². The normalized spacial score (nSPS) is 11.9. The topological polar surface area (TPSA) is 46.6 Å². The largest absolute Gasteiger partial charge is 0.384 e. The average Bonchev–Trinajstić information content (AvgIpc) is 2.22. The Morgan fingerprint density at radius 3 is 2.06 bits per heavy atom. The van der Waals surface area contributed by atoms with Gasteiger partial charge in [-0.25, -0.2) is 0 Å². The number of hydrogen-bond donors (Lipinski definition) is 0. The van der Waals surface area contributed by atoms with Gasteiger partial charge < -0.3 is 4.18 Å². The zero-order chi connectivity index (χ0) is 13.2. The van der Waals surface area contributed by atoms with E-state index >= 15 is 0 Å². The molecule has 4 nitrogen and oxygen atoms in total. The van der Waals surface area contributed by atoms with Crippen molar-refractivity contribution in [2.75, 3.05) is 14.1 Å². The second-order valence-electron chi connectivity index (χ2n) is 3.57. The predicted molar refractivity (Wildman–Crippen MR) is 74.5 cm³/mol. The van der Waals surface area contributed by atoms with E-state index in [0.29, 0.717) is 8.95 Å². The summed E-state index contributed by atoms with van der Waals surface area (Å²) in [5.74, 6) is 0.260. The molecule has 1 aromatic carbocycles. The maximum Gasteiger partial charge on any atom is 0.384 e. The summed E-state index contributed by atoms with van der Waals surface area (Å²) in [4.78, 5) is 0. The van der Waals surface area contributed by atoms with E-state index in [1.165, 1.54) is 14.1 Å². The first-order valence-corrected chi connectivity index (χ1v) is 7.83. The lowest BCUT2D eigenvalue weighted by atomic mass is 10.2. The second-order valence-corrected chi connectivity index (χ2v) is 7.03. The molecule has 0 aliphatic heterocycles. The van der Waals surface area contributed by atoms with Crippen molar-refractivity contribution in [3.8, 4) is 5.75 Å². The van der Waals surface area contributed by atoms with Gasteiger partial charge in [0.15, 0.2) is 5.75 Å². The predicted octanol–water partition coefficient (Wildman–Crippen LogP) is 2.96. The van der Waals surface area contributed by atoms with Gasteiger partial charge in [-0.2, -0.15) is 12.7 Å². The van der Waals surface area contributed by atoms with Crippen molar-refractivity contribution >= 4 is 42.2 Å². The third-order valence-electron chi connectivity index (χ3n) is 2.10. The van der Waals surface area contributed by atoms with E-state index in [4.69, 9.17) is 4.18 Å². The van der Waals surface area contributed by atoms with Crippen LogP contribution in [-0.4, -0.2) is 26.8 Å². The van der Waals surface area contributed by atoms with Crippen molar-refractivity contribution in [3.63, 3.8) is 0 Å². The molecular weight excluding hydrogens is 374 g/mol. The Morgan fingerprint density at radius 2 is 1.71 bits per heavy atom. The maximum atomic E-state index is 11.6. The molecule has 0 saturated carbocycles. The lowest BCUT2D eigenvalue weighted by Crippen LogP contribution is -2.27. The molecule has 96 valence electrons. The Balaban J connectivity index is 3.17. The minimum atomic E-state index is -3.74. The Labute approximate surface area is 118 Å². The number of aryl methyl sites for hydroxylation is 1. The molecule has 0 saturated heterocycles. The highest BCUT2D eigenvalue weighted by atomic mass is 79.9. The molecule has 0 aliphatic carbocycles. The van der Waals surface area contributed by atoms with Crippen LogP contribution < -0.4 is 4.18 Å². The number of nitrogens with zero attached hydrogens (tertiary/aromatic N) is 1. The van der Waals surface area contributed by atoms with E-state index < -0.39 is 10.3 Å². The lowest BCUT2D eigenvalue weighted by Gasteiger charge is -2.15. The molecule has 0 atom stereocenters. The standard InChI is InChI=1S/C10H13Br2NO3S/c1-4-7-5-8(11)10(9(12)6-7)16-17(14,15)13(2)3/h5-6H,4H2,1-3H3. The molecule has 7 heteroatoms. The first-order valence-electron chi connectivity index (χ1n) is 4.87. The SMILES string of the molecule is CCc1cc(Br)c(OS(=O)(=O)N(C)C)c(Br)c1. The van der Waals surface area contributed by atoms with Gasteiger partial charge in [0.25, 0.3) is 0 Å². The molecule has 0 unspecified atom stereocenters. The van der Waals surface area contributed by atoms with Crippen LogP contribution in [0.3, 0.4) is 0 Å². The summed E-state index contributed by atoms with van der Waals surface area (Å²) in [5.41, 5.74) is 1.08. The van der Waals surface area contributed by atoms with Crippen LogP contribution in [0, 0.1) is 0 Å². The maximum absolute atomic E-state index is 11.6. The first-order chi connectivity index (χ1) is 7.77. The van der Waals surface area contributed by atoms with Crippen LogP contribution in [-0.2, 0) is 16.7 Å². The van der Waals surface area contributed by atoms with Crippen LogP contribution in [0.2, 0.25) is 0 Å². The fourth-order valence-corrected chi connectivity index (χ4v) is 3.27. The van der Waals surface area contributed by atoms with Gasteiger partial charge in [0.05, 0.1) is 8.95 Å². The lowest BCUT2D eigenvalue weighted by molar-refractivity contribution is 0.419.